The Hall–Kier alpha value is -2.89. The number of ether oxygens (including phenoxy) is 5. The van der Waals surface area contributed by atoms with Gasteiger partial charge in [-0.05, 0) is 56.2 Å². The molecule has 6 heteroatoms. The second-order valence-electron chi connectivity index (χ2n) is 8.32. The average Bonchev–Trinajstić information content (AvgIpc) is 3.24. The summed E-state index contributed by atoms with van der Waals surface area (Å²) in [6.07, 6.45) is 2.49. The molecule has 2 aliphatic rings. The predicted molar refractivity (Wildman–Crippen MR) is 116 cm³/mol. The molecule has 0 amide bonds. The Bertz CT molecular complexity index is 938. The summed E-state index contributed by atoms with van der Waals surface area (Å²) in [6.45, 7) is 6.35. The second-order valence-corrected chi connectivity index (χ2v) is 8.32. The maximum absolute atomic E-state index is 13.0. The molecule has 0 radical (unpaired) electrons. The summed E-state index contributed by atoms with van der Waals surface area (Å²) in [7, 11) is 1.43. The smallest absolute Gasteiger partial charge is 0.313 e. The van der Waals surface area contributed by atoms with E-state index in [-0.39, 0.29) is 24.8 Å². The molecule has 2 aliphatic heterocycles. The highest BCUT2D eigenvalue weighted by Crippen LogP contribution is 2.50. The first-order chi connectivity index (χ1) is 15.0. The van der Waals surface area contributed by atoms with Gasteiger partial charge in [0.15, 0.2) is 11.5 Å². The fourth-order valence-corrected chi connectivity index (χ4v) is 4.43. The first kappa shape index (κ1) is 21.3. The fraction of sp³-hybridized carbons (Fsp3) is 0.480. The number of methoxy groups -OCH3 is 1. The molecule has 31 heavy (non-hydrogen) atoms. The van der Waals surface area contributed by atoms with Crippen LogP contribution in [0.15, 0.2) is 36.4 Å². The standard InChI is InChI=1S/C25H30O6/c1-5-6-7-18-19-13-17(30-15(2)3)9-11-20(19)31-24(23(18)25(26)27-4)16-8-10-21-22(12-16)29-14-28-21/h8-13,15,18,23-24H,5-7,14H2,1-4H3/t18-,23-,24-/m1/s1. The molecule has 2 heterocycles. The zero-order chi connectivity index (χ0) is 22.0. The SMILES string of the molecule is CCCC[C@@H]1c2cc(OC(C)C)ccc2O[C@H](c2ccc3c(c2)OCO3)[C@@H]1C(=O)OC. The molecular weight excluding hydrogens is 396 g/mol. The number of fused-ring (bicyclic) bond motifs is 2. The molecule has 0 aromatic heterocycles. The number of hydrogen-bond donors (Lipinski definition) is 0. The van der Waals surface area contributed by atoms with Gasteiger partial charge in [-0.15, -0.1) is 0 Å². The highest BCUT2D eigenvalue weighted by Gasteiger charge is 2.44. The van der Waals surface area contributed by atoms with Gasteiger partial charge in [0, 0.05) is 11.5 Å². The number of esters is 1. The van der Waals surface area contributed by atoms with E-state index in [1.165, 1.54) is 7.11 Å². The van der Waals surface area contributed by atoms with Crippen LogP contribution in [0.2, 0.25) is 0 Å². The summed E-state index contributed by atoms with van der Waals surface area (Å²) in [6, 6.07) is 11.6. The lowest BCUT2D eigenvalue weighted by Gasteiger charge is -2.38. The zero-order valence-corrected chi connectivity index (χ0v) is 18.6. The molecule has 0 aliphatic carbocycles. The van der Waals surface area contributed by atoms with Crippen LogP contribution in [0.4, 0.5) is 0 Å². The van der Waals surface area contributed by atoms with Crippen LogP contribution in [-0.2, 0) is 9.53 Å². The Labute approximate surface area is 183 Å². The Kier molecular flexibility index (Phi) is 6.25. The van der Waals surface area contributed by atoms with Crippen molar-refractivity contribution < 1.29 is 28.5 Å². The van der Waals surface area contributed by atoms with Crippen molar-refractivity contribution in [1.82, 2.24) is 0 Å². The van der Waals surface area contributed by atoms with Crippen LogP contribution in [0.3, 0.4) is 0 Å². The number of rotatable bonds is 7. The quantitative estimate of drug-likeness (QED) is 0.553. The normalized spacial score (nSPS) is 21.4. The summed E-state index contributed by atoms with van der Waals surface area (Å²) in [5.41, 5.74) is 1.87. The van der Waals surface area contributed by atoms with Crippen molar-refractivity contribution in [2.24, 2.45) is 5.92 Å². The lowest BCUT2D eigenvalue weighted by Crippen LogP contribution is -2.36. The Morgan fingerprint density at radius 2 is 1.87 bits per heavy atom. The van der Waals surface area contributed by atoms with Gasteiger partial charge in [-0.25, -0.2) is 0 Å². The average molecular weight is 427 g/mol. The lowest BCUT2D eigenvalue weighted by atomic mass is 9.75. The Balaban J connectivity index is 1.78. The van der Waals surface area contributed by atoms with Crippen LogP contribution in [0.25, 0.3) is 0 Å². The van der Waals surface area contributed by atoms with Crippen molar-refractivity contribution in [3.05, 3.63) is 47.5 Å². The third-order valence-electron chi connectivity index (χ3n) is 5.83. The monoisotopic (exact) mass is 426 g/mol. The minimum Gasteiger partial charge on any atom is -0.491 e. The molecule has 3 atom stereocenters. The van der Waals surface area contributed by atoms with Crippen molar-refractivity contribution in [2.75, 3.05) is 13.9 Å². The van der Waals surface area contributed by atoms with Gasteiger partial charge in [0.2, 0.25) is 6.79 Å². The van der Waals surface area contributed by atoms with Gasteiger partial charge in [-0.3, -0.25) is 4.79 Å². The first-order valence-corrected chi connectivity index (χ1v) is 11.0. The van der Waals surface area contributed by atoms with Crippen molar-refractivity contribution in [1.29, 1.82) is 0 Å². The zero-order valence-electron chi connectivity index (χ0n) is 18.6. The van der Waals surface area contributed by atoms with Crippen LogP contribution in [0.5, 0.6) is 23.0 Å². The second kappa shape index (κ2) is 9.08. The fourth-order valence-electron chi connectivity index (χ4n) is 4.43. The first-order valence-electron chi connectivity index (χ1n) is 11.0. The molecule has 2 aromatic carbocycles. The number of benzene rings is 2. The van der Waals surface area contributed by atoms with Gasteiger partial charge < -0.3 is 23.7 Å². The van der Waals surface area contributed by atoms with Gasteiger partial charge in [0.25, 0.3) is 0 Å². The molecule has 0 N–H and O–H groups in total. The summed E-state index contributed by atoms with van der Waals surface area (Å²) in [5, 5.41) is 0. The summed E-state index contributed by atoms with van der Waals surface area (Å²) in [5.74, 6) is 2.14. The maximum Gasteiger partial charge on any atom is 0.313 e. The lowest BCUT2D eigenvalue weighted by molar-refractivity contribution is -0.151. The van der Waals surface area contributed by atoms with E-state index in [4.69, 9.17) is 23.7 Å². The van der Waals surface area contributed by atoms with Gasteiger partial charge in [0.1, 0.15) is 23.5 Å². The van der Waals surface area contributed by atoms with E-state index in [9.17, 15) is 4.79 Å². The van der Waals surface area contributed by atoms with E-state index in [0.29, 0.717) is 11.5 Å². The highest BCUT2D eigenvalue weighted by molar-refractivity contribution is 5.76. The number of carbonyl (C=O) groups is 1. The summed E-state index contributed by atoms with van der Waals surface area (Å²) >= 11 is 0. The molecule has 0 fully saturated rings. The van der Waals surface area contributed by atoms with Crippen LogP contribution < -0.4 is 18.9 Å². The van der Waals surface area contributed by atoms with Gasteiger partial charge in [0.05, 0.1) is 13.2 Å². The minimum absolute atomic E-state index is 0.0396. The van der Waals surface area contributed by atoms with Crippen LogP contribution in [-0.4, -0.2) is 26.0 Å². The van der Waals surface area contributed by atoms with Gasteiger partial charge in [-0.1, -0.05) is 25.8 Å². The van der Waals surface area contributed by atoms with Crippen molar-refractivity contribution in [2.45, 2.75) is 58.2 Å². The van der Waals surface area contributed by atoms with E-state index < -0.39 is 12.0 Å². The molecule has 6 nitrogen and oxygen atoms in total. The number of hydrogen-bond acceptors (Lipinski definition) is 6. The number of carbonyl (C=O) groups excluding carboxylic acids is 1. The number of unbranched alkanes of at least 4 members (excludes halogenated alkanes) is 1. The van der Waals surface area contributed by atoms with E-state index in [1.54, 1.807) is 0 Å². The third-order valence-corrected chi connectivity index (χ3v) is 5.83. The van der Waals surface area contributed by atoms with E-state index >= 15 is 0 Å². The molecule has 0 saturated heterocycles. The molecule has 0 unspecified atom stereocenters. The van der Waals surface area contributed by atoms with Gasteiger partial charge in [-0.2, -0.15) is 0 Å². The van der Waals surface area contributed by atoms with Crippen molar-refractivity contribution in [3.8, 4) is 23.0 Å². The minimum atomic E-state index is -0.479. The van der Waals surface area contributed by atoms with Crippen LogP contribution >= 0.6 is 0 Å². The predicted octanol–water partition coefficient (Wildman–Crippen LogP) is 5.40. The van der Waals surface area contributed by atoms with E-state index in [2.05, 4.69) is 6.92 Å². The van der Waals surface area contributed by atoms with E-state index in [0.717, 1.165) is 41.9 Å². The highest BCUT2D eigenvalue weighted by atomic mass is 16.7. The van der Waals surface area contributed by atoms with E-state index in [1.807, 2.05) is 50.2 Å². The Morgan fingerprint density at radius 3 is 2.61 bits per heavy atom. The topological polar surface area (TPSA) is 63.2 Å². The Morgan fingerprint density at radius 1 is 1.10 bits per heavy atom. The van der Waals surface area contributed by atoms with Crippen LogP contribution in [0.1, 0.15) is 63.2 Å². The molecule has 2 aromatic rings. The van der Waals surface area contributed by atoms with Crippen LogP contribution in [0, 0.1) is 5.92 Å². The molecular formula is C25H30O6. The van der Waals surface area contributed by atoms with Gasteiger partial charge >= 0.3 is 5.97 Å². The molecule has 0 saturated carbocycles. The molecule has 4 rings (SSSR count). The maximum atomic E-state index is 13.0. The van der Waals surface area contributed by atoms with Crippen molar-refractivity contribution >= 4 is 5.97 Å². The molecule has 166 valence electrons. The third kappa shape index (κ3) is 4.29. The largest absolute Gasteiger partial charge is 0.491 e. The molecule has 0 bridgehead atoms. The van der Waals surface area contributed by atoms with Crippen molar-refractivity contribution in [3.63, 3.8) is 0 Å². The molecule has 0 spiro atoms. The summed E-state index contributed by atoms with van der Waals surface area (Å²) < 4.78 is 28.6. The summed E-state index contributed by atoms with van der Waals surface area (Å²) in [4.78, 5) is 13.0.